The van der Waals surface area contributed by atoms with Crippen LogP contribution in [0.2, 0.25) is 5.02 Å². The van der Waals surface area contributed by atoms with Crippen LogP contribution in [0.4, 0.5) is 0 Å². The molecule has 27 heavy (non-hydrogen) atoms. The number of benzene rings is 2. The summed E-state index contributed by atoms with van der Waals surface area (Å²) in [5.41, 5.74) is 0.841. The standard InChI is InChI=1S/C19H15ClN2O3S2/c1-2-12-22-18(23)17(13-14-6-4-3-5-7-14)26-19(22)21-27(24,25)16-10-8-15(20)9-11-16/h2-11,13H,1,12H2/b17-13-,21-19-. The van der Waals surface area contributed by atoms with Crippen LogP contribution < -0.4 is 0 Å². The summed E-state index contributed by atoms with van der Waals surface area (Å²) >= 11 is 6.83. The first-order valence-corrected chi connectivity index (χ1v) is 10.5. The number of halogens is 1. The van der Waals surface area contributed by atoms with E-state index in [0.29, 0.717) is 9.93 Å². The maximum atomic E-state index is 12.7. The van der Waals surface area contributed by atoms with E-state index in [-0.39, 0.29) is 22.5 Å². The van der Waals surface area contributed by atoms with E-state index >= 15 is 0 Å². The fraction of sp³-hybridized carbons (Fsp3) is 0.0526. The van der Waals surface area contributed by atoms with Gasteiger partial charge < -0.3 is 0 Å². The Bertz CT molecular complexity index is 1030. The second kappa shape index (κ2) is 8.12. The summed E-state index contributed by atoms with van der Waals surface area (Å²) in [7, 11) is -3.98. The molecule has 0 spiro atoms. The third kappa shape index (κ3) is 4.50. The van der Waals surface area contributed by atoms with Crippen LogP contribution >= 0.6 is 23.4 Å². The van der Waals surface area contributed by atoms with Crippen molar-refractivity contribution in [2.24, 2.45) is 4.40 Å². The first kappa shape index (κ1) is 19.4. The van der Waals surface area contributed by atoms with E-state index in [2.05, 4.69) is 11.0 Å². The molecule has 2 aromatic carbocycles. The molecule has 8 heteroatoms. The Morgan fingerprint density at radius 3 is 2.41 bits per heavy atom. The summed E-state index contributed by atoms with van der Waals surface area (Å²) < 4.78 is 29.1. The minimum Gasteiger partial charge on any atom is -0.282 e. The number of rotatable bonds is 5. The molecule has 0 radical (unpaired) electrons. The molecule has 0 N–H and O–H groups in total. The number of hydrogen-bond donors (Lipinski definition) is 0. The van der Waals surface area contributed by atoms with E-state index in [9.17, 15) is 13.2 Å². The van der Waals surface area contributed by atoms with Crippen molar-refractivity contribution in [3.05, 3.63) is 82.7 Å². The maximum absolute atomic E-state index is 12.7. The zero-order chi connectivity index (χ0) is 19.4. The van der Waals surface area contributed by atoms with Gasteiger partial charge in [-0.1, -0.05) is 48.0 Å². The molecule has 1 saturated heterocycles. The van der Waals surface area contributed by atoms with Crippen LogP contribution in [0.5, 0.6) is 0 Å². The van der Waals surface area contributed by atoms with Gasteiger partial charge >= 0.3 is 0 Å². The predicted molar refractivity (Wildman–Crippen MR) is 110 cm³/mol. The van der Waals surface area contributed by atoms with Gasteiger partial charge in [0.05, 0.1) is 9.80 Å². The third-order valence-corrected chi connectivity index (χ3v) is 6.26. The molecular formula is C19H15ClN2O3S2. The zero-order valence-electron chi connectivity index (χ0n) is 14.1. The molecule has 0 unspecified atom stereocenters. The van der Waals surface area contributed by atoms with Gasteiger partial charge in [-0.3, -0.25) is 9.69 Å². The predicted octanol–water partition coefficient (Wildman–Crippen LogP) is 4.19. The molecule has 1 heterocycles. The Balaban J connectivity index is 1.99. The van der Waals surface area contributed by atoms with Gasteiger partial charge in [0.25, 0.3) is 15.9 Å². The van der Waals surface area contributed by atoms with Gasteiger partial charge in [0.1, 0.15) is 0 Å². The lowest BCUT2D eigenvalue weighted by molar-refractivity contribution is -0.121. The first-order valence-electron chi connectivity index (χ1n) is 7.88. The van der Waals surface area contributed by atoms with Crippen molar-refractivity contribution in [2.75, 3.05) is 6.54 Å². The molecule has 2 aromatic rings. The highest BCUT2D eigenvalue weighted by Gasteiger charge is 2.34. The first-order chi connectivity index (χ1) is 12.9. The normalized spacial score (nSPS) is 17.7. The van der Waals surface area contributed by atoms with Crippen LogP contribution in [0.1, 0.15) is 5.56 Å². The summed E-state index contributed by atoms with van der Waals surface area (Å²) in [5.74, 6) is -0.311. The second-order valence-corrected chi connectivity index (χ2v) is 8.58. The number of amides is 1. The Hall–Kier alpha value is -2.35. The number of hydrogen-bond acceptors (Lipinski definition) is 4. The van der Waals surface area contributed by atoms with E-state index in [1.165, 1.54) is 35.2 Å². The summed E-state index contributed by atoms with van der Waals surface area (Å²) in [5, 5.41) is 0.519. The Kier molecular flexibility index (Phi) is 5.84. The van der Waals surface area contributed by atoms with Crippen molar-refractivity contribution in [3.63, 3.8) is 0 Å². The zero-order valence-corrected chi connectivity index (χ0v) is 16.5. The van der Waals surface area contributed by atoms with Crippen LogP contribution in [0.3, 0.4) is 0 Å². The van der Waals surface area contributed by atoms with E-state index < -0.39 is 10.0 Å². The smallest absolute Gasteiger partial charge is 0.282 e. The number of thioether (sulfide) groups is 1. The van der Waals surface area contributed by atoms with Crippen molar-refractivity contribution in [3.8, 4) is 0 Å². The average Bonchev–Trinajstić information content (AvgIpc) is 2.91. The fourth-order valence-corrected chi connectivity index (χ4v) is 4.64. The molecule has 1 amide bonds. The largest absolute Gasteiger partial charge is 0.284 e. The molecule has 138 valence electrons. The number of sulfonamides is 1. The molecule has 0 aliphatic carbocycles. The molecule has 0 saturated carbocycles. The van der Waals surface area contributed by atoms with Crippen molar-refractivity contribution in [1.82, 2.24) is 4.90 Å². The molecule has 1 fully saturated rings. The number of carbonyl (C=O) groups excluding carboxylic acids is 1. The summed E-state index contributed by atoms with van der Waals surface area (Å²) in [6, 6.07) is 15.0. The molecule has 1 aliphatic rings. The Labute approximate surface area is 167 Å². The molecule has 1 aliphatic heterocycles. The average molecular weight is 419 g/mol. The summed E-state index contributed by atoms with van der Waals surface area (Å²) in [6.45, 7) is 3.78. The van der Waals surface area contributed by atoms with E-state index in [4.69, 9.17) is 11.6 Å². The number of carbonyl (C=O) groups is 1. The molecule has 5 nitrogen and oxygen atoms in total. The molecule has 0 bridgehead atoms. The minimum atomic E-state index is -3.98. The summed E-state index contributed by atoms with van der Waals surface area (Å²) in [4.78, 5) is 14.4. The fourth-order valence-electron chi connectivity index (χ4n) is 2.33. The number of nitrogens with zero attached hydrogens (tertiary/aromatic N) is 2. The van der Waals surface area contributed by atoms with E-state index in [0.717, 1.165) is 17.3 Å². The van der Waals surface area contributed by atoms with Crippen LogP contribution in [-0.4, -0.2) is 30.9 Å². The van der Waals surface area contributed by atoms with Crippen molar-refractivity contribution >= 4 is 50.5 Å². The SMILES string of the molecule is C=CCN1C(=O)/C(=C/c2ccccc2)S/C1=N\S(=O)(=O)c1ccc(Cl)cc1. The number of amidine groups is 1. The quantitative estimate of drug-likeness (QED) is 0.539. The molecule has 0 atom stereocenters. The topological polar surface area (TPSA) is 66.8 Å². The third-order valence-electron chi connectivity index (χ3n) is 3.61. The maximum Gasteiger partial charge on any atom is 0.284 e. The second-order valence-electron chi connectivity index (χ2n) is 5.53. The van der Waals surface area contributed by atoms with Gasteiger partial charge in [-0.2, -0.15) is 8.42 Å². The van der Waals surface area contributed by atoms with Gasteiger partial charge in [-0.15, -0.1) is 11.0 Å². The minimum absolute atomic E-state index is 0.00601. The Morgan fingerprint density at radius 2 is 1.78 bits per heavy atom. The highest BCUT2D eigenvalue weighted by atomic mass is 35.5. The van der Waals surface area contributed by atoms with Gasteiger partial charge in [0.2, 0.25) is 0 Å². The molecular weight excluding hydrogens is 404 g/mol. The van der Waals surface area contributed by atoms with Gasteiger partial charge in [0, 0.05) is 11.6 Å². The van der Waals surface area contributed by atoms with Crippen molar-refractivity contribution in [2.45, 2.75) is 4.90 Å². The van der Waals surface area contributed by atoms with Crippen molar-refractivity contribution in [1.29, 1.82) is 0 Å². The van der Waals surface area contributed by atoms with Gasteiger partial charge in [0.15, 0.2) is 5.17 Å². The van der Waals surface area contributed by atoms with Gasteiger partial charge in [-0.05, 0) is 47.7 Å². The highest BCUT2D eigenvalue weighted by molar-refractivity contribution is 8.19. The summed E-state index contributed by atoms with van der Waals surface area (Å²) in [6.07, 6.45) is 3.23. The van der Waals surface area contributed by atoms with E-state index in [1.54, 1.807) is 6.08 Å². The van der Waals surface area contributed by atoms with Crippen LogP contribution in [0.15, 0.2) is 81.5 Å². The van der Waals surface area contributed by atoms with Gasteiger partial charge in [-0.25, -0.2) is 0 Å². The van der Waals surface area contributed by atoms with Crippen LogP contribution in [0.25, 0.3) is 6.08 Å². The lowest BCUT2D eigenvalue weighted by atomic mass is 10.2. The van der Waals surface area contributed by atoms with Crippen LogP contribution in [0, 0.1) is 0 Å². The monoisotopic (exact) mass is 418 g/mol. The lowest BCUT2D eigenvalue weighted by Gasteiger charge is -2.12. The molecule has 0 aromatic heterocycles. The van der Waals surface area contributed by atoms with E-state index in [1.807, 2.05) is 30.3 Å². The highest BCUT2D eigenvalue weighted by Crippen LogP contribution is 2.33. The molecule has 3 rings (SSSR count). The van der Waals surface area contributed by atoms with Crippen molar-refractivity contribution < 1.29 is 13.2 Å². The Morgan fingerprint density at radius 1 is 1.11 bits per heavy atom. The lowest BCUT2D eigenvalue weighted by Crippen LogP contribution is -2.29. The van der Waals surface area contributed by atoms with Crippen LogP contribution in [-0.2, 0) is 14.8 Å².